The number of Topliss-reactive ketones (excluding diaryl/α,β-unsaturated/α-hetero) is 1. The normalized spacial score (nSPS) is 12.8. The fraction of sp³-hybridized carbons (Fsp3) is 0.111. The van der Waals surface area contributed by atoms with Crippen molar-refractivity contribution < 1.29 is 14.3 Å². The summed E-state index contributed by atoms with van der Waals surface area (Å²) in [5, 5.41) is 9.29. The zero-order chi connectivity index (χ0) is 15.5. The minimum absolute atomic E-state index is 0.0875. The van der Waals surface area contributed by atoms with Gasteiger partial charge in [-0.05, 0) is 36.8 Å². The van der Waals surface area contributed by atoms with Crippen molar-refractivity contribution in [2.24, 2.45) is 0 Å². The van der Waals surface area contributed by atoms with Crippen molar-refractivity contribution in [1.82, 2.24) is 0 Å². The van der Waals surface area contributed by atoms with Crippen LogP contribution in [0.25, 0.3) is 6.08 Å². The Morgan fingerprint density at radius 1 is 1.18 bits per heavy atom. The molecule has 1 aliphatic heterocycles. The Bertz CT molecular complexity index is 815. The number of benzene rings is 2. The Kier molecular flexibility index (Phi) is 3.63. The van der Waals surface area contributed by atoms with Gasteiger partial charge in [-0.2, -0.15) is 5.26 Å². The Morgan fingerprint density at radius 3 is 2.77 bits per heavy atom. The fourth-order valence-electron chi connectivity index (χ4n) is 2.27. The van der Waals surface area contributed by atoms with Crippen molar-refractivity contribution in [3.05, 3.63) is 64.7 Å². The Balaban J connectivity index is 1.94. The second kappa shape index (κ2) is 5.74. The van der Waals surface area contributed by atoms with Crippen LogP contribution in [0.4, 0.5) is 0 Å². The number of aryl methyl sites for hydroxylation is 1. The second-order valence-corrected chi connectivity index (χ2v) is 4.98. The number of ketones is 1. The van der Waals surface area contributed by atoms with Gasteiger partial charge in [0.1, 0.15) is 11.6 Å². The molecule has 0 amide bonds. The fourth-order valence-corrected chi connectivity index (χ4v) is 2.27. The first-order valence-electron chi connectivity index (χ1n) is 6.80. The molecule has 2 aromatic carbocycles. The van der Waals surface area contributed by atoms with Gasteiger partial charge in [0.2, 0.25) is 12.6 Å². The summed E-state index contributed by atoms with van der Waals surface area (Å²) in [7, 11) is 0. The molecule has 0 unspecified atom stereocenters. The number of hydrogen-bond acceptors (Lipinski definition) is 4. The van der Waals surface area contributed by atoms with E-state index in [9.17, 15) is 10.1 Å². The first-order valence-corrected chi connectivity index (χ1v) is 6.80. The van der Waals surface area contributed by atoms with Gasteiger partial charge in [-0.25, -0.2) is 0 Å². The molecule has 0 bridgehead atoms. The monoisotopic (exact) mass is 291 g/mol. The second-order valence-electron chi connectivity index (χ2n) is 4.98. The number of hydrogen-bond donors (Lipinski definition) is 0. The molecule has 0 saturated carbocycles. The maximum absolute atomic E-state index is 12.5. The van der Waals surface area contributed by atoms with E-state index in [-0.39, 0.29) is 18.1 Å². The molecule has 0 aromatic heterocycles. The summed E-state index contributed by atoms with van der Waals surface area (Å²) in [4.78, 5) is 12.5. The average Bonchev–Trinajstić information content (AvgIpc) is 2.99. The van der Waals surface area contributed by atoms with Crippen LogP contribution in [0.3, 0.4) is 0 Å². The predicted octanol–water partition coefficient (Wildman–Crippen LogP) is 3.51. The number of carbonyl (C=O) groups is 1. The van der Waals surface area contributed by atoms with Crippen LogP contribution < -0.4 is 9.47 Å². The van der Waals surface area contributed by atoms with Crippen LogP contribution in [0.2, 0.25) is 0 Å². The van der Waals surface area contributed by atoms with Crippen LogP contribution in [-0.4, -0.2) is 12.6 Å². The van der Waals surface area contributed by atoms with Gasteiger partial charge in [0, 0.05) is 5.56 Å². The number of nitrogens with zero attached hydrogens (tertiary/aromatic N) is 1. The van der Waals surface area contributed by atoms with E-state index in [4.69, 9.17) is 9.47 Å². The molecule has 108 valence electrons. The smallest absolute Gasteiger partial charge is 0.231 e. The maximum atomic E-state index is 12.5. The summed E-state index contributed by atoms with van der Waals surface area (Å²) in [6, 6.07) is 14.5. The highest BCUT2D eigenvalue weighted by molar-refractivity contribution is 6.14. The molecule has 0 N–H and O–H groups in total. The highest BCUT2D eigenvalue weighted by Crippen LogP contribution is 2.33. The Labute approximate surface area is 128 Å². The van der Waals surface area contributed by atoms with Crippen molar-refractivity contribution in [1.29, 1.82) is 5.26 Å². The number of ether oxygens (including phenoxy) is 2. The lowest BCUT2D eigenvalue weighted by Gasteiger charge is -2.02. The molecular formula is C18H13NO3. The van der Waals surface area contributed by atoms with E-state index in [2.05, 4.69) is 0 Å². The number of fused-ring (bicyclic) bond motifs is 1. The Morgan fingerprint density at radius 2 is 2.00 bits per heavy atom. The van der Waals surface area contributed by atoms with E-state index in [1.165, 1.54) is 0 Å². The summed E-state index contributed by atoms with van der Waals surface area (Å²) >= 11 is 0. The molecule has 0 aliphatic carbocycles. The van der Waals surface area contributed by atoms with E-state index in [0.717, 1.165) is 11.1 Å². The van der Waals surface area contributed by atoms with Crippen LogP contribution in [-0.2, 0) is 0 Å². The van der Waals surface area contributed by atoms with Crippen molar-refractivity contribution in [3.8, 4) is 17.6 Å². The lowest BCUT2D eigenvalue weighted by molar-refractivity contribution is 0.103. The SMILES string of the molecule is Cc1cccc(/C=C(\C#N)C(=O)c2ccc3c(c2)OCO3)c1. The molecule has 4 heteroatoms. The molecule has 0 spiro atoms. The van der Waals surface area contributed by atoms with Crippen molar-refractivity contribution in [2.75, 3.05) is 6.79 Å². The molecule has 3 rings (SSSR count). The summed E-state index contributed by atoms with van der Waals surface area (Å²) in [6.07, 6.45) is 1.60. The third-order valence-electron chi connectivity index (χ3n) is 3.35. The highest BCUT2D eigenvalue weighted by atomic mass is 16.7. The first-order chi connectivity index (χ1) is 10.7. The van der Waals surface area contributed by atoms with Crippen LogP contribution in [0.1, 0.15) is 21.5 Å². The third kappa shape index (κ3) is 2.70. The lowest BCUT2D eigenvalue weighted by atomic mass is 10.0. The average molecular weight is 291 g/mol. The lowest BCUT2D eigenvalue weighted by Crippen LogP contribution is -2.02. The third-order valence-corrected chi connectivity index (χ3v) is 3.35. The van der Waals surface area contributed by atoms with Crippen molar-refractivity contribution in [3.63, 3.8) is 0 Å². The van der Waals surface area contributed by atoms with Gasteiger partial charge in [0.05, 0.1) is 0 Å². The van der Waals surface area contributed by atoms with Crippen molar-refractivity contribution >= 4 is 11.9 Å². The summed E-state index contributed by atoms with van der Waals surface area (Å²) in [5.41, 5.74) is 2.39. The number of rotatable bonds is 3. The summed E-state index contributed by atoms with van der Waals surface area (Å²) < 4.78 is 10.5. The summed E-state index contributed by atoms with van der Waals surface area (Å²) in [6.45, 7) is 2.11. The predicted molar refractivity (Wildman–Crippen MR) is 81.7 cm³/mol. The van der Waals surface area contributed by atoms with E-state index in [1.54, 1.807) is 24.3 Å². The molecule has 22 heavy (non-hydrogen) atoms. The zero-order valence-electron chi connectivity index (χ0n) is 12.0. The molecule has 2 aromatic rings. The van der Waals surface area contributed by atoms with Crippen LogP contribution in [0.5, 0.6) is 11.5 Å². The van der Waals surface area contributed by atoms with Gasteiger partial charge in [-0.15, -0.1) is 0 Å². The highest BCUT2D eigenvalue weighted by Gasteiger charge is 2.18. The number of nitriles is 1. The Hall–Kier alpha value is -3.06. The van der Waals surface area contributed by atoms with Crippen LogP contribution in [0.15, 0.2) is 48.0 Å². The van der Waals surface area contributed by atoms with Crippen molar-refractivity contribution in [2.45, 2.75) is 6.92 Å². The quantitative estimate of drug-likeness (QED) is 0.493. The largest absolute Gasteiger partial charge is 0.454 e. The van der Waals surface area contributed by atoms with E-state index >= 15 is 0 Å². The first kappa shape index (κ1) is 13.9. The van der Waals surface area contributed by atoms with Gasteiger partial charge < -0.3 is 9.47 Å². The standard InChI is InChI=1S/C18H13NO3/c1-12-3-2-4-13(7-12)8-15(10-19)18(20)14-5-6-16-17(9-14)22-11-21-16/h2-9H,11H2,1H3/b15-8+. The van der Waals surface area contributed by atoms with Crippen LogP contribution in [0, 0.1) is 18.3 Å². The van der Waals surface area contributed by atoms with E-state index < -0.39 is 0 Å². The van der Waals surface area contributed by atoms with E-state index in [0.29, 0.717) is 17.1 Å². The molecule has 1 heterocycles. The maximum Gasteiger partial charge on any atom is 0.231 e. The summed E-state index contributed by atoms with van der Waals surface area (Å²) in [5.74, 6) is 0.804. The van der Waals surface area contributed by atoms with Crippen LogP contribution >= 0.6 is 0 Å². The molecule has 0 radical (unpaired) electrons. The van der Waals surface area contributed by atoms with Gasteiger partial charge in [0.25, 0.3) is 0 Å². The van der Waals surface area contributed by atoms with Gasteiger partial charge in [0.15, 0.2) is 11.5 Å². The topological polar surface area (TPSA) is 59.3 Å². The van der Waals surface area contributed by atoms with E-state index in [1.807, 2.05) is 37.3 Å². The zero-order valence-corrected chi connectivity index (χ0v) is 12.0. The molecular weight excluding hydrogens is 278 g/mol. The minimum Gasteiger partial charge on any atom is -0.454 e. The minimum atomic E-state index is -0.331. The van der Waals surface area contributed by atoms with Gasteiger partial charge in [-0.1, -0.05) is 29.8 Å². The molecule has 4 nitrogen and oxygen atoms in total. The molecule has 0 fully saturated rings. The molecule has 0 saturated heterocycles. The number of carbonyl (C=O) groups excluding carboxylic acids is 1. The van der Waals surface area contributed by atoms with Gasteiger partial charge >= 0.3 is 0 Å². The van der Waals surface area contributed by atoms with Gasteiger partial charge in [-0.3, -0.25) is 4.79 Å². The molecule has 1 aliphatic rings. The molecule has 0 atom stereocenters. The number of allylic oxidation sites excluding steroid dienone is 1.